The van der Waals surface area contributed by atoms with E-state index in [1.807, 2.05) is 0 Å². The Morgan fingerprint density at radius 2 is 1.29 bits per heavy atom. The molecule has 0 aromatic rings. The van der Waals surface area contributed by atoms with Crippen molar-refractivity contribution in [2.45, 2.75) is 91.4 Å². The van der Waals surface area contributed by atoms with Crippen molar-refractivity contribution in [3.63, 3.8) is 0 Å². The van der Waals surface area contributed by atoms with E-state index < -0.39 is 0 Å². The molecule has 0 aliphatic heterocycles. The molecule has 0 unspecified atom stereocenters. The minimum atomic E-state index is 0.324. The Balaban J connectivity index is 4.19. The number of hydrogen-bond donors (Lipinski definition) is 0. The average Bonchev–Trinajstić information content (AvgIpc) is 2.50. The van der Waals surface area contributed by atoms with E-state index in [4.69, 9.17) is 0 Å². The number of hydrogen-bond acceptors (Lipinski definition) is 0. The second-order valence-electron chi connectivity index (χ2n) is 5.80. The Hall–Kier alpha value is -0.895. The Morgan fingerprint density at radius 3 is 1.81 bits per heavy atom. The maximum absolute atomic E-state index is 3.43. The maximum Gasteiger partial charge on any atom is 0.00495 e. The standard InChI is InChI=1S/C20H35B/c1-4-7-10-13-14-17-20-21(18-15-11-8-5-2)19-16-12-9-6-3/h15-16,18-19H,4-14H2,1-3H3/q-1/b18-15+,19-16+. The van der Waals surface area contributed by atoms with Gasteiger partial charge in [0.1, 0.15) is 0 Å². The van der Waals surface area contributed by atoms with Crippen molar-refractivity contribution in [3.8, 4) is 11.7 Å². The quantitative estimate of drug-likeness (QED) is 0.216. The third kappa shape index (κ3) is 15.3. The van der Waals surface area contributed by atoms with Gasteiger partial charge in [0.15, 0.2) is 0 Å². The van der Waals surface area contributed by atoms with E-state index in [0.717, 1.165) is 6.42 Å². The average molecular weight is 286 g/mol. The van der Waals surface area contributed by atoms with Crippen molar-refractivity contribution in [1.29, 1.82) is 0 Å². The highest BCUT2D eigenvalue weighted by atomic mass is 13.9. The predicted octanol–water partition coefficient (Wildman–Crippen LogP) is 6.57. The van der Waals surface area contributed by atoms with Crippen molar-refractivity contribution < 1.29 is 0 Å². The van der Waals surface area contributed by atoms with Crippen LogP contribution in [-0.2, 0) is 0 Å². The molecule has 0 fully saturated rings. The van der Waals surface area contributed by atoms with Gasteiger partial charge in [-0.05, 0) is 26.0 Å². The van der Waals surface area contributed by atoms with Gasteiger partial charge in [0.05, 0.1) is 0 Å². The minimum absolute atomic E-state index is 0.324. The normalized spacial score (nSPS) is 11.4. The molecule has 0 amide bonds. The first kappa shape index (κ1) is 20.1. The fourth-order valence-electron chi connectivity index (χ4n) is 2.12. The van der Waals surface area contributed by atoms with Crippen molar-refractivity contribution in [2.75, 3.05) is 0 Å². The first-order valence-corrected chi connectivity index (χ1v) is 9.16. The van der Waals surface area contributed by atoms with Crippen LogP contribution in [0.5, 0.6) is 0 Å². The molecule has 0 aromatic heterocycles. The van der Waals surface area contributed by atoms with Crippen LogP contribution in [0, 0.1) is 11.7 Å². The second-order valence-corrected chi connectivity index (χ2v) is 5.80. The smallest absolute Gasteiger partial charge is 0.00495 e. The van der Waals surface area contributed by atoms with Gasteiger partial charge in [-0.2, -0.15) is 5.92 Å². The summed E-state index contributed by atoms with van der Waals surface area (Å²) in [6, 6.07) is 0. The lowest BCUT2D eigenvalue weighted by molar-refractivity contribution is 0.680. The van der Waals surface area contributed by atoms with Crippen LogP contribution in [0.1, 0.15) is 91.4 Å². The highest BCUT2D eigenvalue weighted by Gasteiger charge is 1.86. The lowest BCUT2D eigenvalue weighted by Crippen LogP contribution is -2.02. The predicted molar refractivity (Wildman–Crippen MR) is 99.6 cm³/mol. The van der Waals surface area contributed by atoms with E-state index in [9.17, 15) is 0 Å². The van der Waals surface area contributed by atoms with E-state index in [1.165, 1.54) is 64.2 Å². The van der Waals surface area contributed by atoms with E-state index in [2.05, 4.69) is 56.6 Å². The lowest BCUT2D eigenvalue weighted by Gasteiger charge is -2.09. The van der Waals surface area contributed by atoms with Crippen molar-refractivity contribution >= 4 is 6.71 Å². The van der Waals surface area contributed by atoms with Crippen LogP contribution in [0.4, 0.5) is 0 Å². The van der Waals surface area contributed by atoms with Gasteiger partial charge in [0.2, 0.25) is 0 Å². The molecule has 0 nitrogen and oxygen atoms in total. The van der Waals surface area contributed by atoms with Gasteiger partial charge < -0.3 is 5.82 Å². The monoisotopic (exact) mass is 286 g/mol. The Labute approximate surface area is 134 Å². The van der Waals surface area contributed by atoms with Crippen molar-refractivity contribution in [1.82, 2.24) is 0 Å². The molecule has 0 aliphatic rings. The Morgan fingerprint density at radius 1 is 0.714 bits per heavy atom. The molecule has 0 atom stereocenters. The maximum atomic E-state index is 3.43. The van der Waals surface area contributed by atoms with Gasteiger partial charge in [0.25, 0.3) is 0 Å². The Kier molecular flexibility index (Phi) is 16.4. The van der Waals surface area contributed by atoms with Crippen LogP contribution in [-0.4, -0.2) is 6.71 Å². The minimum Gasteiger partial charge on any atom is -0.342 e. The highest BCUT2D eigenvalue weighted by Crippen LogP contribution is 2.02. The molecule has 21 heavy (non-hydrogen) atoms. The molecule has 0 aromatic carbocycles. The lowest BCUT2D eigenvalue weighted by atomic mass is 9.50. The van der Waals surface area contributed by atoms with Gasteiger partial charge in [-0.25, -0.2) is 0 Å². The van der Waals surface area contributed by atoms with Crippen LogP contribution in [0.15, 0.2) is 24.1 Å². The van der Waals surface area contributed by atoms with Crippen LogP contribution in [0.2, 0.25) is 0 Å². The molecule has 0 spiro atoms. The summed E-state index contributed by atoms with van der Waals surface area (Å²) in [4.78, 5) is 0. The summed E-state index contributed by atoms with van der Waals surface area (Å²) >= 11 is 0. The van der Waals surface area contributed by atoms with E-state index >= 15 is 0 Å². The van der Waals surface area contributed by atoms with Crippen LogP contribution in [0.3, 0.4) is 0 Å². The molecule has 0 N–H and O–H groups in total. The molecular formula is C20H35B-. The molecule has 0 saturated carbocycles. The summed E-state index contributed by atoms with van der Waals surface area (Å²) in [7, 11) is 0. The first-order valence-electron chi connectivity index (χ1n) is 9.16. The third-order valence-electron chi connectivity index (χ3n) is 3.56. The van der Waals surface area contributed by atoms with E-state index in [0.29, 0.717) is 6.71 Å². The summed E-state index contributed by atoms with van der Waals surface area (Å²) in [6.45, 7) is 7.06. The fourth-order valence-corrected chi connectivity index (χ4v) is 2.12. The van der Waals surface area contributed by atoms with Gasteiger partial charge in [0, 0.05) is 6.42 Å². The molecule has 1 radical (unpaired) electrons. The summed E-state index contributed by atoms with van der Waals surface area (Å²) < 4.78 is 0. The number of unbranched alkanes of at least 4 members (excludes halogenated alkanes) is 8. The van der Waals surface area contributed by atoms with Crippen LogP contribution < -0.4 is 0 Å². The molecule has 1 heteroatoms. The molecule has 0 saturated heterocycles. The topological polar surface area (TPSA) is 0 Å². The van der Waals surface area contributed by atoms with Crippen LogP contribution in [0.25, 0.3) is 0 Å². The zero-order valence-corrected chi connectivity index (χ0v) is 14.7. The summed E-state index contributed by atoms with van der Waals surface area (Å²) in [6.07, 6.45) is 18.4. The zero-order chi connectivity index (χ0) is 15.6. The molecule has 0 bridgehead atoms. The second kappa shape index (κ2) is 17.2. The van der Waals surface area contributed by atoms with Gasteiger partial charge in [-0.1, -0.05) is 65.7 Å². The molecule has 0 aliphatic carbocycles. The third-order valence-corrected chi connectivity index (χ3v) is 3.56. The van der Waals surface area contributed by atoms with Gasteiger partial charge >= 0.3 is 0 Å². The SMILES string of the molecule is CCCC/C=C/[B-](C#CCCCCCC)/C=C/CCCC. The Bertz CT molecular complexity index is 298. The van der Waals surface area contributed by atoms with Gasteiger partial charge in [-0.15, -0.1) is 12.2 Å². The van der Waals surface area contributed by atoms with Gasteiger partial charge in [-0.3, -0.25) is 12.0 Å². The molecule has 0 heterocycles. The largest absolute Gasteiger partial charge is 0.342 e. The van der Waals surface area contributed by atoms with Crippen LogP contribution >= 0.6 is 0 Å². The first-order chi connectivity index (χ1) is 10.3. The summed E-state index contributed by atoms with van der Waals surface area (Å²) in [5.74, 6) is 11.4. The zero-order valence-electron chi connectivity index (χ0n) is 14.7. The van der Waals surface area contributed by atoms with E-state index in [1.54, 1.807) is 0 Å². The molecule has 119 valence electrons. The summed E-state index contributed by atoms with van der Waals surface area (Å²) in [5.41, 5.74) is 0. The fraction of sp³-hybridized carbons (Fsp3) is 0.700. The number of rotatable bonds is 12. The van der Waals surface area contributed by atoms with E-state index in [-0.39, 0.29) is 0 Å². The highest BCUT2D eigenvalue weighted by molar-refractivity contribution is 6.77. The van der Waals surface area contributed by atoms with Crippen molar-refractivity contribution in [2.24, 2.45) is 0 Å². The summed E-state index contributed by atoms with van der Waals surface area (Å²) in [5, 5.41) is 0. The number of allylic oxidation sites excluding steroid dienone is 2. The molecular weight excluding hydrogens is 251 g/mol. The molecule has 0 rings (SSSR count). The van der Waals surface area contributed by atoms with Crippen molar-refractivity contribution in [3.05, 3.63) is 24.1 Å².